The second-order valence-corrected chi connectivity index (χ2v) is 8.53. The van der Waals surface area contributed by atoms with Gasteiger partial charge < -0.3 is 16.4 Å². The molecule has 2 aliphatic heterocycles. The zero-order valence-electron chi connectivity index (χ0n) is 18.1. The van der Waals surface area contributed by atoms with Gasteiger partial charge in [0, 0.05) is 23.5 Å². The van der Waals surface area contributed by atoms with E-state index in [-0.39, 0.29) is 5.91 Å². The number of nitrogens with one attached hydrogen (secondary N) is 2. The van der Waals surface area contributed by atoms with Crippen molar-refractivity contribution in [1.82, 2.24) is 4.90 Å². The molecule has 0 unspecified atom stereocenters. The molecule has 5 nitrogen and oxygen atoms in total. The van der Waals surface area contributed by atoms with Crippen LogP contribution in [0.5, 0.6) is 0 Å². The third-order valence-corrected chi connectivity index (χ3v) is 6.18. The Morgan fingerprint density at radius 3 is 2.44 bits per heavy atom. The van der Waals surface area contributed by atoms with E-state index in [0.29, 0.717) is 11.3 Å². The molecular weight excluding hydrogens is 396 g/mol. The van der Waals surface area contributed by atoms with Crippen LogP contribution in [0.3, 0.4) is 0 Å². The molecule has 1 fully saturated rings. The molecule has 0 bridgehead atoms. The summed E-state index contributed by atoms with van der Waals surface area (Å²) in [5.41, 5.74) is 12.8. The Balaban J connectivity index is 1.47. The van der Waals surface area contributed by atoms with Gasteiger partial charge in [-0.3, -0.25) is 9.69 Å². The lowest BCUT2D eigenvalue weighted by atomic mass is 9.99. The molecule has 0 aliphatic carbocycles. The fraction of sp³-hybridized carbons (Fsp3) is 0.222. The van der Waals surface area contributed by atoms with Gasteiger partial charge in [-0.05, 0) is 67.4 Å². The smallest absolute Gasteiger partial charge is 0.258 e. The number of rotatable bonds is 5. The van der Waals surface area contributed by atoms with E-state index in [0.717, 1.165) is 34.7 Å². The number of nitrogens with two attached hydrogens (primary N) is 1. The number of anilines is 3. The molecule has 2 aliphatic rings. The summed E-state index contributed by atoms with van der Waals surface area (Å²) >= 11 is 0. The average Bonchev–Trinajstić information content (AvgIpc) is 3.14. The first-order valence-electron chi connectivity index (χ1n) is 11.3. The summed E-state index contributed by atoms with van der Waals surface area (Å²) in [5, 5.41) is 6.48. The van der Waals surface area contributed by atoms with Crippen LogP contribution in [0.15, 0.2) is 72.8 Å². The van der Waals surface area contributed by atoms with E-state index < -0.39 is 0 Å². The lowest BCUT2D eigenvalue weighted by Gasteiger charge is -2.26. The van der Waals surface area contributed by atoms with Crippen LogP contribution in [0, 0.1) is 0 Å². The summed E-state index contributed by atoms with van der Waals surface area (Å²) in [6.07, 6.45) is 3.94. The van der Waals surface area contributed by atoms with E-state index in [4.69, 9.17) is 5.73 Å². The summed E-state index contributed by atoms with van der Waals surface area (Å²) in [4.78, 5) is 15.5. The van der Waals surface area contributed by atoms with Crippen molar-refractivity contribution in [1.29, 1.82) is 0 Å². The summed E-state index contributed by atoms with van der Waals surface area (Å²) in [7, 11) is 0. The molecule has 0 spiro atoms. The van der Waals surface area contributed by atoms with Gasteiger partial charge in [0.1, 0.15) is 0 Å². The molecule has 5 heteroatoms. The lowest BCUT2D eigenvalue weighted by molar-refractivity contribution is -0.110. The van der Waals surface area contributed by atoms with Gasteiger partial charge in [0.25, 0.3) is 5.91 Å². The molecule has 0 atom stereocenters. The van der Waals surface area contributed by atoms with E-state index in [1.807, 2.05) is 42.5 Å². The van der Waals surface area contributed by atoms with Crippen LogP contribution in [-0.4, -0.2) is 23.9 Å². The predicted molar refractivity (Wildman–Crippen MR) is 132 cm³/mol. The van der Waals surface area contributed by atoms with Crippen molar-refractivity contribution in [3.8, 4) is 0 Å². The van der Waals surface area contributed by atoms with Crippen LogP contribution in [0.2, 0.25) is 0 Å². The number of amides is 1. The minimum absolute atomic E-state index is 0.126. The van der Waals surface area contributed by atoms with Crippen molar-refractivity contribution < 1.29 is 4.79 Å². The van der Waals surface area contributed by atoms with E-state index in [1.54, 1.807) is 6.07 Å². The second kappa shape index (κ2) is 8.89. The molecule has 0 saturated carbocycles. The topological polar surface area (TPSA) is 70.4 Å². The monoisotopic (exact) mass is 424 g/mol. The van der Waals surface area contributed by atoms with Gasteiger partial charge in [0.05, 0.1) is 17.0 Å². The Morgan fingerprint density at radius 1 is 0.938 bits per heavy atom. The molecule has 0 aromatic heterocycles. The fourth-order valence-electron chi connectivity index (χ4n) is 4.54. The van der Waals surface area contributed by atoms with Crippen LogP contribution in [-0.2, 0) is 11.3 Å². The van der Waals surface area contributed by atoms with Gasteiger partial charge in [0.2, 0.25) is 0 Å². The average molecular weight is 425 g/mol. The predicted octanol–water partition coefficient (Wildman–Crippen LogP) is 5.19. The van der Waals surface area contributed by atoms with E-state index in [1.165, 1.54) is 37.9 Å². The zero-order chi connectivity index (χ0) is 21.9. The summed E-state index contributed by atoms with van der Waals surface area (Å²) < 4.78 is 0. The van der Waals surface area contributed by atoms with Crippen LogP contribution in [0.25, 0.3) is 11.3 Å². The molecular formula is C27H28N4O. The summed E-state index contributed by atoms with van der Waals surface area (Å²) in [5.74, 6) is -0.126. The number of carbonyl (C=O) groups is 1. The number of likely N-dealkylation sites (tertiary alicyclic amines) is 1. The van der Waals surface area contributed by atoms with Crippen molar-refractivity contribution in [3.05, 3.63) is 89.5 Å². The number of benzene rings is 3. The van der Waals surface area contributed by atoms with E-state index >= 15 is 0 Å². The summed E-state index contributed by atoms with van der Waals surface area (Å²) in [6, 6.07) is 24.1. The van der Waals surface area contributed by atoms with Gasteiger partial charge in [-0.2, -0.15) is 0 Å². The molecule has 5 rings (SSSR count). The molecule has 162 valence electrons. The fourth-order valence-corrected chi connectivity index (χ4v) is 4.54. The number of hydrogen-bond donors (Lipinski definition) is 3. The van der Waals surface area contributed by atoms with Crippen LogP contribution >= 0.6 is 0 Å². The van der Waals surface area contributed by atoms with Crippen molar-refractivity contribution in [2.24, 2.45) is 0 Å². The largest absolute Gasteiger partial charge is 0.399 e. The first kappa shape index (κ1) is 20.3. The van der Waals surface area contributed by atoms with Gasteiger partial charge in [-0.25, -0.2) is 0 Å². The molecule has 3 aromatic carbocycles. The Hall–Kier alpha value is -3.57. The maximum Gasteiger partial charge on any atom is 0.258 e. The highest BCUT2D eigenvalue weighted by molar-refractivity contribution is 6.37. The van der Waals surface area contributed by atoms with E-state index in [2.05, 4.69) is 39.8 Å². The Labute approximate surface area is 188 Å². The Morgan fingerprint density at radius 2 is 1.69 bits per heavy atom. The minimum atomic E-state index is -0.126. The molecule has 4 N–H and O–H groups in total. The maximum atomic E-state index is 13.0. The number of piperidine rings is 1. The van der Waals surface area contributed by atoms with Gasteiger partial charge >= 0.3 is 0 Å². The normalized spacial score (nSPS) is 17.6. The Bertz CT molecular complexity index is 1150. The molecule has 1 saturated heterocycles. The second-order valence-electron chi connectivity index (χ2n) is 8.53. The maximum absolute atomic E-state index is 13.0. The van der Waals surface area contributed by atoms with Crippen molar-refractivity contribution >= 4 is 34.2 Å². The molecule has 3 aromatic rings. The number of nitrogen functional groups attached to an aromatic ring is 1. The quantitative estimate of drug-likeness (QED) is 0.390. The number of carbonyl (C=O) groups excluding carboxylic acids is 1. The van der Waals surface area contributed by atoms with Gasteiger partial charge in [-0.15, -0.1) is 0 Å². The zero-order valence-corrected chi connectivity index (χ0v) is 18.1. The highest BCUT2D eigenvalue weighted by Gasteiger charge is 2.28. The van der Waals surface area contributed by atoms with Gasteiger partial charge in [-0.1, -0.05) is 48.9 Å². The molecule has 0 radical (unpaired) electrons. The Kier molecular flexibility index (Phi) is 5.65. The standard InChI is InChI=1S/C27H28N4O/c28-21-11-14-23-24(17-21)30-27(32)25(23)26(20-7-3-1-4-8-20)29-22-12-9-19(10-13-22)18-31-15-5-2-6-16-31/h1,3-4,7-14,17,29H,2,5-6,15-16,18,28H2,(H,30,32)/b26-25+. The number of fused-ring (bicyclic) bond motifs is 1. The van der Waals surface area contributed by atoms with Crippen LogP contribution in [0.1, 0.15) is 36.0 Å². The third kappa shape index (κ3) is 4.25. The third-order valence-electron chi connectivity index (χ3n) is 6.18. The highest BCUT2D eigenvalue weighted by atomic mass is 16.2. The van der Waals surface area contributed by atoms with Crippen molar-refractivity contribution in [3.63, 3.8) is 0 Å². The first-order valence-corrected chi connectivity index (χ1v) is 11.3. The van der Waals surface area contributed by atoms with Gasteiger partial charge in [0.15, 0.2) is 0 Å². The summed E-state index contributed by atoms with van der Waals surface area (Å²) in [6.45, 7) is 3.36. The molecule has 2 heterocycles. The SMILES string of the molecule is Nc1ccc2c(c1)NC(=O)/C2=C(/Nc1ccc(CN2CCCCC2)cc1)c1ccccc1. The lowest BCUT2D eigenvalue weighted by Crippen LogP contribution is -2.29. The van der Waals surface area contributed by atoms with Crippen molar-refractivity contribution in [2.45, 2.75) is 25.8 Å². The van der Waals surface area contributed by atoms with E-state index in [9.17, 15) is 4.79 Å². The van der Waals surface area contributed by atoms with Crippen molar-refractivity contribution in [2.75, 3.05) is 29.5 Å². The van der Waals surface area contributed by atoms with Crippen LogP contribution in [0.4, 0.5) is 17.1 Å². The highest BCUT2D eigenvalue weighted by Crippen LogP contribution is 2.38. The first-order chi connectivity index (χ1) is 15.7. The van der Waals surface area contributed by atoms with Crippen LogP contribution < -0.4 is 16.4 Å². The molecule has 32 heavy (non-hydrogen) atoms. The number of hydrogen-bond acceptors (Lipinski definition) is 4. The number of nitrogens with zero attached hydrogens (tertiary/aromatic N) is 1. The molecule has 1 amide bonds. The minimum Gasteiger partial charge on any atom is -0.399 e.